The summed E-state index contributed by atoms with van der Waals surface area (Å²) in [5.74, 6) is 2.42. The molecular weight excluding hydrogens is 440 g/mol. The van der Waals surface area contributed by atoms with E-state index < -0.39 is 0 Å². The molecule has 1 aliphatic heterocycles. The van der Waals surface area contributed by atoms with E-state index in [0.717, 1.165) is 12.0 Å². The summed E-state index contributed by atoms with van der Waals surface area (Å²) in [4.78, 5) is 22.3. The van der Waals surface area contributed by atoms with Crippen LogP contribution in [0.2, 0.25) is 5.02 Å². The Bertz CT molecular complexity index is 1340. The van der Waals surface area contributed by atoms with Crippen molar-refractivity contribution in [3.8, 4) is 22.9 Å². The number of ether oxygens (including phenoxy) is 2. The monoisotopic (exact) mass is 456 g/mol. The Balaban J connectivity index is 1.45. The van der Waals surface area contributed by atoms with E-state index in [2.05, 4.69) is 10.1 Å². The number of halogens is 1. The van der Waals surface area contributed by atoms with Gasteiger partial charge in [-0.3, -0.25) is 9.36 Å². The van der Waals surface area contributed by atoms with Crippen LogP contribution in [-0.2, 0) is 12.3 Å². The van der Waals surface area contributed by atoms with Crippen molar-refractivity contribution in [2.24, 2.45) is 0 Å². The van der Waals surface area contributed by atoms with Crippen molar-refractivity contribution in [2.75, 3.05) is 6.79 Å². The van der Waals surface area contributed by atoms with E-state index in [1.807, 2.05) is 19.1 Å². The van der Waals surface area contributed by atoms with Crippen LogP contribution in [-0.4, -0.2) is 26.5 Å². The third kappa shape index (κ3) is 3.86. The molecule has 10 heteroatoms. The minimum Gasteiger partial charge on any atom is -0.454 e. The number of fused-ring (bicyclic) bond motifs is 2. The van der Waals surface area contributed by atoms with Crippen LogP contribution in [0, 0.1) is 0 Å². The zero-order chi connectivity index (χ0) is 21.4. The molecule has 0 N–H and O–H groups in total. The first-order valence-corrected chi connectivity index (χ1v) is 11.0. The first-order chi connectivity index (χ1) is 15.1. The summed E-state index contributed by atoms with van der Waals surface area (Å²) in [7, 11) is 0. The van der Waals surface area contributed by atoms with E-state index in [0.29, 0.717) is 56.6 Å². The van der Waals surface area contributed by atoms with Crippen molar-refractivity contribution in [3.05, 3.63) is 57.7 Å². The lowest BCUT2D eigenvalue weighted by molar-refractivity contribution is 0.174. The predicted octanol–water partition coefficient (Wildman–Crippen LogP) is 4.53. The van der Waals surface area contributed by atoms with Gasteiger partial charge in [0.15, 0.2) is 16.7 Å². The summed E-state index contributed by atoms with van der Waals surface area (Å²) in [6, 6.07) is 10.7. The normalized spacial score (nSPS) is 12.6. The van der Waals surface area contributed by atoms with Crippen LogP contribution in [0.3, 0.4) is 0 Å². The SMILES string of the molecule is CCCn1c(SCc2nc(-c3cccc(Cl)c3)no2)nc2cc3c(cc2c1=O)OCO3. The molecular formula is C21H17ClN4O4S. The van der Waals surface area contributed by atoms with Crippen LogP contribution in [0.4, 0.5) is 0 Å². The van der Waals surface area contributed by atoms with Crippen LogP contribution < -0.4 is 15.0 Å². The van der Waals surface area contributed by atoms with Crippen molar-refractivity contribution in [1.82, 2.24) is 19.7 Å². The maximum Gasteiger partial charge on any atom is 0.262 e. The van der Waals surface area contributed by atoms with E-state index in [1.54, 1.807) is 28.8 Å². The van der Waals surface area contributed by atoms with Crippen molar-refractivity contribution in [2.45, 2.75) is 30.8 Å². The second-order valence-corrected chi connectivity index (χ2v) is 8.26. The Morgan fingerprint density at radius 1 is 1.16 bits per heavy atom. The molecule has 0 saturated heterocycles. The van der Waals surface area contributed by atoms with Crippen molar-refractivity contribution < 1.29 is 14.0 Å². The second-order valence-electron chi connectivity index (χ2n) is 6.88. The molecule has 31 heavy (non-hydrogen) atoms. The predicted molar refractivity (Wildman–Crippen MR) is 117 cm³/mol. The largest absolute Gasteiger partial charge is 0.454 e. The fraction of sp³-hybridized carbons (Fsp3) is 0.238. The first-order valence-electron chi connectivity index (χ1n) is 9.68. The van der Waals surface area contributed by atoms with Gasteiger partial charge in [0, 0.05) is 23.2 Å². The topological polar surface area (TPSA) is 92.3 Å². The standard InChI is InChI=1S/C21H17ClN4O4S/c1-2-6-26-20(27)14-8-16-17(29-11-28-16)9-15(14)23-21(26)31-10-18-24-19(25-30-18)12-4-3-5-13(22)7-12/h3-5,7-9H,2,6,10-11H2,1H3. The Hall–Kier alpha value is -3.04. The lowest BCUT2D eigenvalue weighted by atomic mass is 10.2. The number of hydrogen-bond donors (Lipinski definition) is 0. The highest BCUT2D eigenvalue weighted by Crippen LogP contribution is 2.35. The molecule has 0 saturated carbocycles. The van der Waals surface area contributed by atoms with Crippen LogP contribution >= 0.6 is 23.4 Å². The van der Waals surface area contributed by atoms with Gasteiger partial charge in [-0.05, 0) is 24.6 Å². The van der Waals surface area contributed by atoms with Gasteiger partial charge in [0.1, 0.15) is 0 Å². The van der Waals surface area contributed by atoms with Gasteiger partial charge in [0.2, 0.25) is 18.5 Å². The summed E-state index contributed by atoms with van der Waals surface area (Å²) >= 11 is 7.41. The van der Waals surface area contributed by atoms with Crippen molar-refractivity contribution in [3.63, 3.8) is 0 Å². The highest BCUT2D eigenvalue weighted by Gasteiger charge is 2.19. The number of nitrogens with zero attached hydrogens (tertiary/aromatic N) is 4. The van der Waals surface area contributed by atoms with Gasteiger partial charge in [-0.2, -0.15) is 4.98 Å². The molecule has 0 unspecified atom stereocenters. The van der Waals surface area contributed by atoms with Gasteiger partial charge >= 0.3 is 0 Å². The van der Waals surface area contributed by atoms with Crippen LogP contribution in [0.15, 0.2) is 50.9 Å². The molecule has 1 aliphatic rings. The average molecular weight is 457 g/mol. The van der Waals surface area contributed by atoms with Crippen molar-refractivity contribution >= 4 is 34.3 Å². The maximum absolute atomic E-state index is 13.1. The number of rotatable bonds is 6. The van der Waals surface area contributed by atoms with Crippen LogP contribution in [0.5, 0.6) is 11.5 Å². The maximum atomic E-state index is 13.1. The smallest absolute Gasteiger partial charge is 0.262 e. The lowest BCUT2D eigenvalue weighted by Crippen LogP contribution is -2.23. The third-order valence-corrected chi connectivity index (χ3v) is 5.93. The summed E-state index contributed by atoms with van der Waals surface area (Å²) in [5, 5.41) is 5.71. The highest BCUT2D eigenvalue weighted by atomic mass is 35.5. The van der Waals surface area contributed by atoms with Gasteiger partial charge in [-0.1, -0.05) is 47.6 Å². The molecule has 3 heterocycles. The van der Waals surface area contributed by atoms with Gasteiger partial charge < -0.3 is 14.0 Å². The third-order valence-electron chi connectivity index (χ3n) is 4.74. The zero-order valence-electron chi connectivity index (χ0n) is 16.5. The minimum atomic E-state index is -0.113. The van der Waals surface area contributed by atoms with E-state index >= 15 is 0 Å². The lowest BCUT2D eigenvalue weighted by Gasteiger charge is -2.12. The van der Waals surface area contributed by atoms with Gasteiger partial charge in [0.05, 0.1) is 16.7 Å². The minimum absolute atomic E-state index is 0.113. The van der Waals surface area contributed by atoms with E-state index in [-0.39, 0.29) is 12.4 Å². The summed E-state index contributed by atoms with van der Waals surface area (Å²) < 4.78 is 17.9. The molecule has 2 aromatic heterocycles. The summed E-state index contributed by atoms with van der Waals surface area (Å²) in [5.41, 5.74) is 1.22. The van der Waals surface area contributed by atoms with Crippen LogP contribution in [0.1, 0.15) is 19.2 Å². The summed E-state index contributed by atoms with van der Waals surface area (Å²) in [6.07, 6.45) is 0.796. The quantitative estimate of drug-likeness (QED) is 0.308. The fourth-order valence-corrected chi connectivity index (χ4v) is 4.36. The first kappa shape index (κ1) is 19.9. The molecule has 0 bridgehead atoms. The fourth-order valence-electron chi connectivity index (χ4n) is 3.31. The molecule has 8 nitrogen and oxygen atoms in total. The van der Waals surface area contributed by atoms with E-state index in [4.69, 9.17) is 30.6 Å². The second kappa shape index (κ2) is 8.24. The summed E-state index contributed by atoms with van der Waals surface area (Å²) in [6.45, 7) is 2.71. The highest BCUT2D eigenvalue weighted by molar-refractivity contribution is 7.98. The number of thioether (sulfide) groups is 1. The molecule has 0 spiro atoms. The molecule has 5 rings (SSSR count). The Labute approximate surface area is 186 Å². The Morgan fingerprint density at radius 2 is 2.00 bits per heavy atom. The Kier molecular flexibility index (Phi) is 5.29. The molecule has 0 atom stereocenters. The zero-order valence-corrected chi connectivity index (χ0v) is 18.1. The van der Waals surface area contributed by atoms with Gasteiger partial charge in [-0.15, -0.1) is 0 Å². The Morgan fingerprint density at radius 3 is 2.81 bits per heavy atom. The van der Waals surface area contributed by atoms with E-state index in [1.165, 1.54) is 11.8 Å². The molecule has 4 aromatic rings. The van der Waals surface area contributed by atoms with Gasteiger partial charge in [0.25, 0.3) is 5.56 Å². The average Bonchev–Trinajstić information content (AvgIpc) is 3.42. The molecule has 0 amide bonds. The molecule has 0 radical (unpaired) electrons. The number of aromatic nitrogens is 4. The van der Waals surface area contributed by atoms with E-state index in [9.17, 15) is 4.79 Å². The molecule has 0 aliphatic carbocycles. The number of benzene rings is 2. The van der Waals surface area contributed by atoms with Crippen molar-refractivity contribution in [1.29, 1.82) is 0 Å². The van der Waals surface area contributed by atoms with Gasteiger partial charge in [-0.25, -0.2) is 4.98 Å². The van der Waals surface area contributed by atoms with Crippen LogP contribution in [0.25, 0.3) is 22.3 Å². The molecule has 2 aromatic carbocycles. The number of hydrogen-bond acceptors (Lipinski definition) is 8. The molecule has 0 fully saturated rings. The molecule has 158 valence electrons.